The van der Waals surface area contributed by atoms with Crippen LogP contribution in [0.1, 0.15) is 30.1 Å². The first kappa shape index (κ1) is 17.6. The van der Waals surface area contributed by atoms with Crippen LogP contribution in [0.5, 0.6) is 0 Å². The molecule has 7 heteroatoms. The predicted octanol–water partition coefficient (Wildman–Crippen LogP) is 2.48. The van der Waals surface area contributed by atoms with Crippen molar-refractivity contribution in [3.63, 3.8) is 0 Å². The van der Waals surface area contributed by atoms with Crippen LogP contribution in [-0.4, -0.2) is 45.1 Å². The first-order valence-electron chi connectivity index (χ1n) is 7.30. The quantitative estimate of drug-likeness (QED) is 0.623. The highest BCUT2D eigenvalue weighted by Gasteiger charge is 2.39. The van der Waals surface area contributed by atoms with Gasteiger partial charge in [-0.1, -0.05) is 35.0 Å². The lowest BCUT2D eigenvalue weighted by molar-refractivity contribution is -0.149. The van der Waals surface area contributed by atoms with Crippen molar-refractivity contribution >= 4 is 33.6 Å². The number of likely N-dealkylation sites (tertiary alicyclic amines) is 1. The molecule has 5 nitrogen and oxygen atoms in total. The molecule has 0 aromatic heterocycles. The van der Waals surface area contributed by atoms with Gasteiger partial charge in [0, 0.05) is 12.1 Å². The zero-order valence-electron chi connectivity index (χ0n) is 12.5. The van der Waals surface area contributed by atoms with Gasteiger partial charge in [0.1, 0.15) is 11.9 Å². The van der Waals surface area contributed by atoms with Gasteiger partial charge in [-0.3, -0.25) is 9.59 Å². The monoisotopic (exact) mass is 385 g/mol. The summed E-state index contributed by atoms with van der Waals surface area (Å²) in [6, 6.07) is 4.41. The summed E-state index contributed by atoms with van der Waals surface area (Å²) in [5.41, 5.74) is 0.169. The summed E-state index contributed by atoms with van der Waals surface area (Å²) in [5, 5.41) is 9.16. The van der Waals surface area contributed by atoms with Crippen LogP contribution < -0.4 is 0 Å². The number of benzene rings is 1. The van der Waals surface area contributed by atoms with Crippen LogP contribution in [0, 0.1) is 11.7 Å². The first-order valence-corrected chi connectivity index (χ1v) is 8.21. The Kier molecular flexibility index (Phi) is 5.51. The molecule has 0 radical (unpaired) electrons. The van der Waals surface area contributed by atoms with Gasteiger partial charge >= 0.3 is 5.97 Å². The average molecular weight is 386 g/mol. The van der Waals surface area contributed by atoms with Gasteiger partial charge in [-0.25, -0.2) is 9.18 Å². The molecule has 0 spiro atoms. The molecule has 0 saturated carbocycles. The van der Waals surface area contributed by atoms with Crippen LogP contribution in [0.2, 0.25) is 0 Å². The SMILES string of the molecule is C[C@@H](C(=O)N1CCC[C@H]1C(=O)O)[C@@H](Br)C(=O)c1cccc(F)c1. The standard InChI is InChI=1S/C16H17BrFNO4/c1-9(15(21)19-7-3-6-12(19)16(22)23)13(17)14(20)10-4-2-5-11(18)8-10/h2,4-5,8-9,12-13H,3,6-7H2,1H3,(H,22,23)/t9-,12+,13-/m1/s1. The Labute approximate surface area is 141 Å². The maximum atomic E-state index is 13.2. The number of carbonyl (C=O) groups excluding carboxylic acids is 2. The number of halogens is 2. The van der Waals surface area contributed by atoms with E-state index < -0.39 is 34.4 Å². The van der Waals surface area contributed by atoms with Crippen molar-refractivity contribution in [1.82, 2.24) is 4.90 Å². The van der Waals surface area contributed by atoms with Crippen molar-refractivity contribution in [2.24, 2.45) is 5.92 Å². The highest BCUT2D eigenvalue weighted by Crippen LogP contribution is 2.25. The summed E-state index contributed by atoms with van der Waals surface area (Å²) in [6.45, 7) is 1.93. The van der Waals surface area contributed by atoms with Gasteiger partial charge in [0.25, 0.3) is 0 Å². The van der Waals surface area contributed by atoms with E-state index in [9.17, 15) is 18.8 Å². The van der Waals surface area contributed by atoms with E-state index in [2.05, 4.69) is 15.9 Å². The number of alkyl halides is 1. The van der Waals surface area contributed by atoms with Gasteiger partial charge in [-0.05, 0) is 25.0 Å². The van der Waals surface area contributed by atoms with E-state index in [0.717, 1.165) is 6.07 Å². The number of nitrogens with zero attached hydrogens (tertiary/aromatic N) is 1. The largest absolute Gasteiger partial charge is 0.480 e. The van der Waals surface area contributed by atoms with E-state index in [4.69, 9.17) is 5.11 Å². The van der Waals surface area contributed by atoms with E-state index in [0.29, 0.717) is 19.4 Å². The van der Waals surface area contributed by atoms with Crippen LogP contribution in [-0.2, 0) is 9.59 Å². The molecule has 1 heterocycles. The van der Waals surface area contributed by atoms with Crippen molar-refractivity contribution in [2.45, 2.75) is 30.6 Å². The highest BCUT2D eigenvalue weighted by atomic mass is 79.9. The van der Waals surface area contributed by atoms with Gasteiger partial charge in [-0.2, -0.15) is 0 Å². The van der Waals surface area contributed by atoms with Gasteiger partial charge in [0.05, 0.1) is 10.7 Å². The molecule has 0 aliphatic carbocycles. The summed E-state index contributed by atoms with van der Waals surface area (Å²) in [4.78, 5) is 36.5. The number of hydrogen-bond acceptors (Lipinski definition) is 3. The van der Waals surface area contributed by atoms with E-state index >= 15 is 0 Å². The minimum absolute atomic E-state index is 0.169. The van der Waals surface area contributed by atoms with Crippen molar-refractivity contribution in [3.05, 3.63) is 35.6 Å². The number of aliphatic carboxylic acids is 1. The average Bonchev–Trinajstić information content (AvgIpc) is 3.01. The van der Waals surface area contributed by atoms with Gasteiger partial charge in [0.15, 0.2) is 5.78 Å². The second-order valence-electron chi connectivity index (χ2n) is 5.59. The summed E-state index contributed by atoms with van der Waals surface area (Å²) in [7, 11) is 0. The van der Waals surface area contributed by atoms with Gasteiger partial charge in [0.2, 0.25) is 5.91 Å². The second-order valence-corrected chi connectivity index (χ2v) is 6.58. The Bertz CT molecular complexity index is 636. The van der Waals surface area contributed by atoms with Gasteiger partial charge < -0.3 is 10.0 Å². The molecule has 2 rings (SSSR count). The molecule has 1 saturated heterocycles. The van der Waals surface area contributed by atoms with Crippen LogP contribution >= 0.6 is 15.9 Å². The van der Waals surface area contributed by atoms with Crippen molar-refractivity contribution < 1.29 is 23.9 Å². The van der Waals surface area contributed by atoms with Crippen molar-refractivity contribution in [3.8, 4) is 0 Å². The van der Waals surface area contributed by atoms with Crippen LogP contribution in [0.25, 0.3) is 0 Å². The molecular formula is C16H17BrFNO4. The number of ketones is 1. The maximum Gasteiger partial charge on any atom is 0.326 e. The number of Topliss-reactive ketones (excluding diaryl/α,β-unsaturated/α-hetero) is 1. The smallest absolute Gasteiger partial charge is 0.326 e. The number of rotatable bonds is 5. The fraction of sp³-hybridized carbons (Fsp3) is 0.438. The summed E-state index contributed by atoms with van der Waals surface area (Å²) >= 11 is 3.21. The third-order valence-corrected chi connectivity index (χ3v) is 5.22. The van der Waals surface area contributed by atoms with Crippen LogP contribution in [0.3, 0.4) is 0 Å². The fourth-order valence-electron chi connectivity index (χ4n) is 2.70. The second kappa shape index (κ2) is 7.21. The molecule has 1 aliphatic rings. The van der Waals surface area contributed by atoms with Crippen molar-refractivity contribution in [1.29, 1.82) is 0 Å². The Morgan fingerprint density at radius 3 is 2.70 bits per heavy atom. The molecule has 1 aromatic carbocycles. The highest BCUT2D eigenvalue weighted by molar-refractivity contribution is 9.10. The molecule has 23 heavy (non-hydrogen) atoms. The normalized spacial score (nSPS) is 20.1. The molecule has 1 amide bonds. The molecule has 1 fully saturated rings. The Balaban J connectivity index is 2.12. The lowest BCUT2D eigenvalue weighted by atomic mass is 9.98. The van der Waals surface area contributed by atoms with Gasteiger partial charge in [-0.15, -0.1) is 0 Å². The fourth-order valence-corrected chi connectivity index (χ4v) is 3.19. The summed E-state index contributed by atoms with van der Waals surface area (Å²) in [6.07, 6.45) is 1.04. The minimum atomic E-state index is -1.04. The number of carbonyl (C=O) groups is 3. The third kappa shape index (κ3) is 3.77. The molecule has 1 N–H and O–H groups in total. The molecule has 0 bridgehead atoms. The Morgan fingerprint density at radius 2 is 2.09 bits per heavy atom. The zero-order chi connectivity index (χ0) is 17.1. The van der Waals surface area contributed by atoms with Crippen molar-refractivity contribution in [2.75, 3.05) is 6.54 Å². The van der Waals surface area contributed by atoms with E-state index in [1.807, 2.05) is 0 Å². The van der Waals surface area contributed by atoms with E-state index in [1.165, 1.54) is 23.1 Å². The Morgan fingerprint density at radius 1 is 1.39 bits per heavy atom. The maximum absolute atomic E-state index is 13.2. The van der Waals surface area contributed by atoms with Crippen LogP contribution in [0.15, 0.2) is 24.3 Å². The van der Waals surface area contributed by atoms with E-state index in [1.54, 1.807) is 6.92 Å². The lowest BCUT2D eigenvalue weighted by Crippen LogP contribution is -2.45. The number of amides is 1. The summed E-state index contributed by atoms with van der Waals surface area (Å²) in [5.74, 6) is -3.10. The van der Waals surface area contributed by atoms with Crippen LogP contribution in [0.4, 0.5) is 4.39 Å². The summed E-state index contributed by atoms with van der Waals surface area (Å²) < 4.78 is 13.2. The molecule has 1 aliphatic heterocycles. The lowest BCUT2D eigenvalue weighted by Gasteiger charge is -2.26. The topological polar surface area (TPSA) is 74.7 Å². The molecule has 1 aromatic rings. The third-order valence-electron chi connectivity index (χ3n) is 4.01. The van der Waals surface area contributed by atoms with E-state index in [-0.39, 0.29) is 11.5 Å². The molecule has 124 valence electrons. The Hall–Kier alpha value is -1.76. The number of carboxylic acids is 1. The first-order chi connectivity index (χ1) is 10.8. The zero-order valence-corrected chi connectivity index (χ0v) is 14.1. The minimum Gasteiger partial charge on any atom is -0.480 e. The number of hydrogen-bond donors (Lipinski definition) is 1. The predicted molar refractivity (Wildman–Crippen MR) is 85.0 cm³/mol. The number of carboxylic acid groups (broad SMARTS) is 1. The molecule has 3 atom stereocenters. The molecular weight excluding hydrogens is 369 g/mol. The molecule has 0 unspecified atom stereocenters.